The maximum absolute atomic E-state index is 12.3. The van der Waals surface area contributed by atoms with Gasteiger partial charge in [-0.3, -0.25) is 9.78 Å². The monoisotopic (exact) mass is 271 g/mol. The number of rotatable bonds is 2. The van der Waals surface area contributed by atoms with Gasteiger partial charge < -0.3 is 10.7 Å². The molecule has 2 aromatic heterocycles. The minimum Gasteiger partial charge on any atom is -0.396 e. The number of halogens is 1. The van der Waals surface area contributed by atoms with Gasteiger partial charge in [-0.15, -0.1) is 0 Å². The molecular formula is C14H10ClN3O. The average Bonchev–Trinajstić information content (AvgIpc) is 2.75. The van der Waals surface area contributed by atoms with E-state index in [2.05, 4.69) is 9.97 Å². The number of benzene rings is 1. The van der Waals surface area contributed by atoms with Crippen LogP contribution in [0.15, 0.2) is 42.7 Å². The molecule has 3 aromatic rings. The molecule has 0 unspecified atom stereocenters. The molecular weight excluding hydrogens is 262 g/mol. The Labute approximate surface area is 114 Å². The van der Waals surface area contributed by atoms with E-state index >= 15 is 0 Å². The van der Waals surface area contributed by atoms with Crippen LogP contribution in [0.5, 0.6) is 0 Å². The smallest absolute Gasteiger partial charge is 0.211 e. The lowest BCUT2D eigenvalue weighted by atomic mass is 10.1. The average molecular weight is 272 g/mol. The number of nitrogen functional groups attached to an aromatic ring is 1. The fourth-order valence-electron chi connectivity index (χ4n) is 2.02. The van der Waals surface area contributed by atoms with Gasteiger partial charge >= 0.3 is 0 Å². The summed E-state index contributed by atoms with van der Waals surface area (Å²) in [6.07, 6.45) is 3.14. The molecule has 4 nitrogen and oxygen atoms in total. The fourth-order valence-corrected chi connectivity index (χ4v) is 2.19. The zero-order valence-corrected chi connectivity index (χ0v) is 10.6. The third-order valence-corrected chi connectivity index (χ3v) is 3.21. The number of carbonyl (C=O) groups excluding carboxylic acids is 1. The number of aromatic amines is 1. The van der Waals surface area contributed by atoms with E-state index in [1.807, 2.05) is 0 Å². The molecule has 0 spiro atoms. The van der Waals surface area contributed by atoms with E-state index in [0.717, 1.165) is 10.9 Å². The molecule has 0 atom stereocenters. The second-order valence-corrected chi connectivity index (χ2v) is 4.61. The van der Waals surface area contributed by atoms with Crippen LogP contribution in [0.1, 0.15) is 16.1 Å². The van der Waals surface area contributed by atoms with Crippen molar-refractivity contribution in [2.24, 2.45) is 0 Å². The molecule has 3 rings (SSSR count). The molecule has 3 N–H and O–H groups in total. The van der Waals surface area contributed by atoms with Crippen molar-refractivity contribution < 1.29 is 4.79 Å². The third-order valence-electron chi connectivity index (χ3n) is 2.97. The normalized spacial score (nSPS) is 10.8. The Balaban J connectivity index is 2.16. The molecule has 2 heterocycles. The van der Waals surface area contributed by atoms with Crippen molar-refractivity contribution >= 4 is 34.0 Å². The molecule has 0 bridgehead atoms. The zero-order valence-electron chi connectivity index (χ0n) is 9.85. The molecule has 0 amide bonds. The summed E-state index contributed by atoms with van der Waals surface area (Å²) in [6.45, 7) is 0. The van der Waals surface area contributed by atoms with Gasteiger partial charge in [0.1, 0.15) is 5.69 Å². The van der Waals surface area contributed by atoms with Gasteiger partial charge in [-0.2, -0.15) is 0 Å². The summed E-state index contributed by atoms with van der Waals surface area (Å²) in [5.41, 5.74) is 8.13. The minimum absolute atomic E-state index is 0.160. The number of nitrogens with zero attached hydrogens (tertiary/aromatic N) is 1. The van der Waals surface area contributed by atoms with E-state index in [1.54, 1.807) is 42.7 Å². The summed E-state index contributed by atoms with van der Waals surface area (Å²) < 4.78 is 0. The highest BCUT2D eigenvalue weighted by molar-refractivity contribution is 6.31. The Hall–Kier alpha value is -2.33. The zero-order chi connectivity index (χ0) is 13.4. The highest BCUT2D eigenvalue weighted by atomic mass is 35.5. The van der Waals surface area contributed by atoms with Gasteiger partial charge in [0.05, 0.1) is 5.69 Å². The van der Waals surface area contributed by atoms with Gasteiger partial charge in [-0.1, -0.05) is 11.6 Å². The second kappa shape index (κ2) is 4.40. The minimum atomic E-state index is -0.160. The first-order chi connectivity index (χ1) is 9.16. The summed E-state index contributed by atoms with van der Waals surface area (Å²) >= 11 is 5.92. The van der Waals surface area contributed by atoms with Crippen LogP contribution in [0.4, 0.5) is 5.69 Å². The number of nitrogens with two attached hydrogens (primary N) is 1. The molecule has 5 heteroatoms. The van der Waals surface area contributed by atoms with Crippen LogP contribution in [0, 0.1) is 0 Å². The Morgan fingerprint density at radius 2 is 1.95 bits per heavy atom. The Morgan fingerprint density at radius 1 is 1.21 bits per heavy atom. The lowest BCUT2D eigenvalue weighted by Gasteiger charge is -1.99. The Bertz CT molecular complexity index is 765. The van der Waals surface area contributed by atoms with Crippen LogP contribution >= 0.6 is 11.6 Å². The Kier molecular flexibility index (Phi) is 2.72. The highest BCUT2D eigenvalue weighted by Gasteiger charge is 2.17. The SMILES string of the molecule is Nc1c(C(=O)c2ccncc2)[nH]c2cc(Cl)ccc12. The van der Waals surface area contributed by atoms with Gasteiger partial charge in [0.25, 0.3) is 0 Å². The van der Waals surface area contributed by atoms with Crippen molar-refractivity contribution in [1.29, 1.82) is 0 Å². The van der Waals surface area contributed by atoms with Crippen molar-refractivity contribution in [3.63, 3.8) is 0 Å². The number of hydrogen-bond donors (Lipinski definition) is 2. The van der Waals surface area contributed by atoms with E-state index < -0.39 is 0 Å². The summed E-state index contributed by atoms with van der Waals surface area (Å²) in [6, 6.07) is 8.60. The van der Waals surface area contributed by atoms with E-state index in [9.17, 15) is 4.79 Å². The van der Waals surface area contributed by atoms with Crippen LogP contribution in [0.2, 0.25) is 5.02 Å². The summed E-state index contributed by atoms with van der Waals surface area (Å²) in [7, 11) is 0. The van der Waals surface area contributed by atoms with Crippen molar-refractivity contribution in [1.82, 2.24) is 9.97 Å². The van der Waals surface area contributed by atoms with Crippen LogP contribution in [-0.4, -0.2) is 15.8 Å². The molecule has 0 saturated heterocycles. The van der Waals surface area contributed by atoms with Crippen molar-refractivity contribution in [2.75, 3.05) is 5.73 Å². The van der Waals surface area contributed by atoms with Crippen LogP contribution < -0.4 is 5.73 Å². The van der Waals surface area contributed by atoms with Crippen molar-refractivity contribution in [3.05, 3.63) is 59.0 Å². The quantitative estimate of drug-likeness (QED) is 0.704. The van der Waals surface area contributed by atoms with Crippen molar-refractivity contribution in [3.8, 4) is 0 Å². The first kappa shape index (κ1) is 11.7. The fraction of sp³-hybridized carbons (Fsp3) is 0. The van der Waals surface area contributed by atoms with Gasteiger partial charge in [0, 0.05) is 33.9 Å². The number of aromatic nitrogens is 2. The molecule has 0 radical (unpaired) electrons. The number of hydrogen-bond acceptors (Lipinski definition) is 3. The van der Waals surface area contributed by atoms with Crippen LogP contribution in [0.3, 0.4) is 0 Å². The van der Waals surface area contributed by atoms with Gasteiger partial charge in [-0.05, 0) is 30.3 Å². The molecule has 0 fully saturated rings. The van der Waals surface area contributed by atoms with Gasteiger partial charge in [0.15, 0.2) is 0 Å². The summed E-state index contributed by atoms with van der Waals surface area (Å²) in [5.74, 6) is -0.160. The van der Waals surface area contributed by atoms with Gasteiger partial charge in [-0.25, -0.2) is 0 Å². The maximum Gasteiger partial charge on any atom is 0.211 e. The molecule has 0 aliphatic heterocycles. The highest BCUT2D eigenvalue weighted by Crippen LogP contribution is 2.28. The van der Waals surface area contributed by atoms with Crippen LogP contribution in [-0.2, 0) is 0 Å². The number of pyridine rings is 1. The largest absolute Gasteiger partial charge is 0.396 e. The van der Waals surface area contributed by atoms with Crippen LogP contribution in [0.25, 0.3) is 10.9 Å². The number of carbonyl (C=O) groups is 1. The topological polar surface area (TPSA) is 71.8 Å². The molecule has 0 aliphatic rings. The molecule has 19 heavy (non-hydrogen) atoms. The molecule has 0 saturated carbocycles. The van der Waals surface area contributed by atoms with E-state index in [1.165, 1.54) is 0 Å². The molecule has 0 aliphatic carbocycles. The van der Waals surface area contributed by atoms with Gasteiger partial charge in [0.2, 0.25) is 5.78 Å². The van der Waals surface area contributed by atoms with E-state index in [-0.39, 0.29) is 5.78 Å². The van der Waals surface area contributed by atoms with E-state index in [0.29, 0.717) is 22.0 Å². The molecule has 1 aromatic carbocycles. The van der Waals surface area contributed by atoms with Crippen molar-refractivity contribution in [2.45, 2.75) is 0 Å². The third kappa shape index (κ3) is 1.96. The maximum atomic E-state index is 12.3. The number of nitrogens with one attached hydrogen (secondary N) is 1. The summed E-state index contributed by atoms with van der Waals surface area (Å²) in [4.78, 5) is 19.3. The lowest BCUT2D eigenvalue weighted by Crippen LogP contribution is -2.04. The number of fused-ring (bicyclic) bond motifs is 1. The lowest BCUT2D eigenvalue weighted by molar-refractivity contribution is 0.103. The second-order valence-electron chi connectivity index (χ2n) is 4.17. The predicted molar refractivity (Wildman–Crippen MR) is 75.4 cm³/mol. The number of anilines is 1. The number of ketones is 1. The predicted octanol–water partition coefficient (Wildman–Crippen LogP) is 3.03. The molecule has 94 valence electrons. The summed E-state index contributed by atoms with van der Waals surface area (Å²) in [5, 5.41) is 1.39. The standard InChI is InChI=1S/C14H10ClN3O/c15-9-1-2-10-11(7-9)18-13(12(10)16)14(19)8-3-5-17-6-4-8/h1-7,18H,16H2. The number of H-pyrrole nitrogens is 1. The Morgan fingerprint density at radius 3 is 2.68 bits per heavy atom. The van der Waals surface area contributed by atoms with E-state index in [4.69, 9.17) is 17.3 Å². The first-order valence-electron chi connectivity index (χ1n) is 5.68. The first-order valence-corrected chi connectivity index (χ1v) is 6.06.